The molecule has 0 atom stereocenters. The van der Waals surface area contributed by atoms with Crippen LogP contribution in [0.1, 0.15) is 0 Å². The summed E-state index contributed by atoms with van der Waals surface area (Å²) in [6, 6.07) is 16.3. The lowest BCUT2D eigenvalue weighted by atomic mass is 10.1. The minimum Gasteiger partial charge on any atom is -0.324 e. The molecule has 134 valence electrons. The van der Waals surface area contributed by atoms with E-state index in [1.54, 1.807) is 48.9 Å². The van der Waals surface area contributed by atoms with Gasteiger partial charge < -0.3 is 5.32 Å². The number of anilines is 2. The van der Waals surface area contributed by atoms with Crippen LogP contribution in [0.15, 0.2) is 78.1 Å². The van der Waals surface area contributed by atoms with Gasteiger partial charge in [-0.2, -0.15) is 0 Å². The molecule has 1 N–H and O–H groups in total. The van der Waals surface area contributed by atoms with Crippen molar-refractivity contribution in [3.63, 3.8) is 0 Å². The average molecular weight is 376 g/mol. The fraction of sp³-hybridized carbons (Fsp3) is 0.0500. The van der Waals surface area contributed by atoms with E-state index in [9.17, 15) is 8.42 Å². The molecule has 2 aromatic carbocycles. The minimum absolute atomic E-state index is 0.281. The van der Waals surface area contributed by atoms with Gasteiger partial charge in [0.1, 0.15) is 0 Å². The highest BCUT2D eigenvalue weighted by atomic mass is 32.2. The molecule has 0 saturated carbocycles. The molecular weight excluding hydrogens is 360 g/mol. The van der Waals surface area contributed by atoms with Crippen LogP contribution in [0, 0.1) is 0 Å². The Labute approximate surface area is 156 Å². The molecule has 0 fully saturated rings. The van der Waals surface area contributed by atoms with Crippen LogP contribution in [-0.2, 0) is 9.84 Å². The van der Waals surface area contributed by atoms with Gasteiger partial charge in [0.2, 0.25) is 5.95 Å². The second kappa shape index (κ2) is 6.77. The molecule has 0 aliphatic rings. The van der Waals surface area contributed by atoms with Crippen LogP contribution in [0.5, 0.6) is 0 Å². The van der Waals surface area contributed by atoms with Crippen LogP contribution in [0.4, 0.5) is 11.6 Å². The number of fused-ring (bicyclic) bond motifs is 1. The first-order valence-corrected chi connectivity index (χ1v) is 10.1. The number of sulfone groups is 1. The fourth-order valence-electron chi connectivity index (χ4n) is 2.80. The van der Waals surface area contributed by atoms with Crippen molar-refractivity contribution in [2.45, 2.75) is 4.90 Å². The molecule has 4 aromatic rings. The molecule has 0 aliphatic carbocycles. The molecule has 6 nitrogen and oxygen atoms in total. The summed E-state index contributed by atoms with van der Waals surface area (Å²) in [5, 5.41) is 5.30. The van der Waals surface area contributed by atoms with E-state index in [4.69, 9.17) is 0 Å². The Morgan fingerprint density at radius 1 is 0.926 bits per heavy atom. The minimum atomic E-state index is -3.22. The molecule has 4 rings (SSSR count). The maximum absolute atomic E-state index is 11.6. The summed E-state index contributed by atoms with van der Waals surface area (Å²) in [6.07, 6.45) is 6.41. The van der Waals surface area contributed by atoms with Crippen molar-refractivity contribution in [2.24, 2.45) is 0 Å². The average Bonchev–Trinajstić information content (AvgIpc) is 2.68. The molecular formula is C20H16N4O2S. The van der Waals surface area contributed by atoms with E-state index < -0.39 is 9.84 Å². The maximum atomic E-state index is 11.6. The van der Waals surface area contributed by atoms with E-state index in [2.05, 4.69) is 20.3 Å². The van der Waals surface area contributed by atoms with Gasteiger partial charge in [0, 0.05) is 46.9 Å². The van der Waals surface area contributed by atoms with Crippen molar-refractivity contribution in [2.75, 3.05) is 11.6 Å². The Kier molecular flexibility index (Phi) is 4.29. The zero-order valence-electron chi connectivity index (χ0n) is 14.5. The van der Waals surface area contributed by atoms with Crippen LogP contribution >= 0.6 is 0 Å². The number of hydrogen-bond acceptors (Lipinski definition) is 6. The topological polar surface area (TPSA) is 84.8 Å². The largest absolute Gasteiger partial charge is 0.324 e. The second-order valence-corrected chi connectivity index (χ2v) is 8.11. The number of nitrogens with zero attached hydrogens (tertiary/aromatic N) is 3. The highest BCUT2D eigenvalue weighted by Crippen LogP contribution is 2.26. The van der Waals surface area contributed by atoms with Crippen molar-refractivity contribution in [3.8, 4) is 11.3 Å². The SMILES string of the molecule is CS(=O)(=O)c1ccc(-c2ccnc(Nc3cccc4cnccc34)n2)cc1. The monoisotopic (exact) mass is 376 g/mol. The molecule has 0 spiro atoms. The van der Waals surface area contributed by atoms with E-state index in [0.29, 0.717) is 11.6 Å². The zero-order valence-corrected chi connectivity index (χ0v) is 15.3. The van der Waals surface area contributed by atoms with Gasteiger partial charge in [-0.15, -0.1) is 0 Å². The van der Waals surface area contributed by atoms with Crippen LogP contribution in [0.25, 0.3) is 22.0 Å². The molecule has 0 radical (unpaired) electrons. The summed E-state index contributed by atoms with van der Waals surface area (Å²) >= 11 is 0. The first-order chi connectivity index (χ1) is 13.0. The number of hydrogen-bond donors (Lipinski definition) is 1. The predicted octanol–water partition coefficient (Wildman–Crippen LogP) is 3.84. The van der Waals surface area contributed by atoms with Crippen LogP contribution in [-0.4, -0.2) is 29.6 Å². The number of benzene rings is 2. The maximum Gasteiger partial charge on any atom is 0.227 e. The zero-order chi connectivity index (χ0) is 18.9. The van der Waals surface area contributed by atoms with Gasteiger partial charge in [-0.1, -0.05) is 24.3 Å². The van der Waals surface area contributed by atoms with Crippen LogP contribution in [0.2, 0.25) is 0 Å². The van der Waals surface area contributed by atoms with Gasteiger partial charge in [-0.05, 0) is 30.3 Å². The lowest BCUT2D eigenvalue weighted by Crippen LogP contribution is -1.99. The van der Waals surface area contributed by atoms with Crippen molar-refractivity contribution in [3.05, 3.63) is 73.2 Å². The number of aromatic nitrogens is 3. The van der Waals surface area contributed by atoms with Gasteiger partial charge in [0.05, 0.1) is 10.6 Å². The molecule has 0 amide bonds. The Morgan fingerprint density at radius 3 is 2.52 bits per heavy atom. The Balaban J connectivity index is 1.66. The van der Waals surface area contributed by atoms with Gasteiger partial charge >= 0.3 is 0 Å². The molecule has 7 heteroatoms. The lowest BCUT2D eigenvalue weighted by molar-refractivity contribution is 0.602. The third-order valence-electron chi connectivity index (χ3n) is 4.16. The van der Waals surface area contributed by atoms with Gasteiger partial charge in [-0.3, -0.25) is 4.98 Å². The van der Waals surface area contributed by atoms with Crippen LogP contribution in [0.3, 0.4) is 0 Å². The number of pyridine rings is 1. The van der Waals surface area contributed by atoms with Gasteiger partial charge in [-0.25, -0.2) is 18.4 Å². The first kappa shape index (κ1) is 17.1. The third kappa shape index (κ3) is 3.63. The van der Waals surface area contributed by atoms with E-state index in [1.807, 2.05) is 24.3 Å². The Hall–Kier alpha value is -3.32. The highest BCUT2D eigenvalue weighted by molar-refractivity contribution is 7.90. The molecule has 0 saturated heterocycles. The second-order valence-electron chi connectivity index (χ2n) is 6.09. The summed E-state index contributed by atoms with van der Waals surface area (Å²) in [5.41, 5.74) is 2.41. The normalized spacial score (nSPS) is 11.4. The van der Waals surface area contributed by atoms with Gasteiger partial charge in [0.15, 0.2) is 9.84 Å². The molecule has 0 aliphatic heterocycles. The van der Waals surface area contributed by atoms with Crippen molar-refractivity contribution in [1.82, 2.24) is 15.0 Å². The number of rotatable bonds is 4. The van der Waals surface area contributed by atoms with Crippen molar-refractivity contribution >= 4 is 32.2 Å². The summed E-state index contributed by atoms with van der Waals surface area (Å²) in [5.74, 6) is 0.462. The Morgan fingerprint density at radius 2 is 1.74 bits per heavy atom. The van der Waals surface area contributed by atoms with E-state index in [0.717, 1.165) is 22.0 Å². The molecule has 2 heterocycles. The summed E-state index contributed by atoms with van der Waals surface area (Å²) in [4.78, 5) is 13.3. The smallest absolute Gasteiger partial charge is 0.227 e. The molecule has 0 bridgehead atoms. The van der Waals surface area contributed by atoms with E-state index in [-0.39, 0.29) is 4.90 Å². The third-order valence-corrected chi connectivity index (χ3v) is 5.29. The molecule has 2 aromatic heterocycles. The molecule has 0 unspecified atom stereocenters. The van der Waals surface area contributed by atoms with E-state index in [1.165, 1.54) is 6.26 Å². The summed E-state index contributed by atoms with van der Waals surface area (Å²) in [7, 11) is -3.22. The highest BCUT2D eigenvalue weighted by Gasteiger charge is 2.09. The van der Waals surface area contributed by atoms with Crippen molar-refractivity contribution in [1.29, 1.82) is 0 Å². The summed E-state index contributed by atoms with van der Waals surface area (Å²) in [6.45, 7) is 0. The fourth-order valence-corrected chi connectivity index (χ4v) is 3.44. The lowest BCUT2D eigenvalue weighted by Gasteiger charge is -2.09. The van der Waals surface area contributed by atoms with Crippen molar-refractivity contribution < 1.29 is 8.42 Å². The van der Waals surface area contributed by atoms with E-state index >= 15 is 0 Å². The standard InChI is InChI=1S/C20H16N4O2S/c1-27(25,26)16-7-5-14(6-8-16)18-10-12-22-20(23-18)24-19-4-2-3-15-13-21-11-9-17(15)19/h2-13H,1H3,(H,22,23,24). The first-order valence-electron chi connectivity index (χ1n) is 8.24. The predicted molar refractivity (Wildman–Crippen MR) is 106 cm³/mol. The molecule has 27 heavy (non-hydrogen) atoms. The number of nitrogens with one attached hydrogen (secondary N) is 1. The van der Waals surface area contributed by atoms with Gasteiger partial charge in [0.25, 0.3) is 0 Å². The van der Waals surface area contributed by atoms with Crippen LogP contribution < -0.4 is 5.32 Å². The Bertz CT molecular complexity index is 1220. The quantitative estimate of drug-likeness (QED) is 0.582. The summed E-state index contributed by atoms with van der Waals surface area (Å²) < 4.78 is 23.2.